The van der Waals surface area contributed by atoms with Crippen LogP contribution in [0.2, 0.25) is 0 Å². The molecular formula is C17H25NO2S. The fraction of sp³-hybridized carbons (Fsp3) is 0.588. The summed E-state index contributed by atoms with van der Waals surface area (Å²) in [6.07, 6.45) is 4.20. The lowest BCUT2D eigenvalue weighted by Crippen LogP contribution is -2.26. The molecule has 1 N–H and O–H groups in total. The molecule has 1 fully saturated rings. The normalized spacial score (nSPS) is 21.4. The van der Waals surface area contributed by atoms with E-state index in [2.05, 4.69) is 30.1 Å². The minimum Gasteiger partial charge on any atom is -0.469 e. The summed E-state index contributed by atoms with van der Waals surface area (Å²) in [5.41, 5.74) is 2.27. The van der Waals surface area contributed by atoms with Crippen LogP contribution in [0.5, 0.6) is 0 Å². The second-order valence-electron chi connectivity index (χ2n) is 5.49. The maximum absolute atomic E-state index is 11.5. The number of nitrogens with one attached hydrogen (secondary N) is 1. The van der Waals surface area contributed by atoms with Crippen LogP contribution in [-0.2, 0) is 22.5 Å². The summed E-state index contributed by atoms with van der Waals surface area (Å²) < 4.78 is 4.77. The summed E-state index contributed by atoms with van der Waals surface area (Å²) in [6.45, 7) is 3.07. The molecule has 1 saturated carbocycles. The van der Waals surface area contributed by atoms with Crippen molar-refractivity contribution in [1.82, 2.24) is 5.32 Å². The van der Waals surface area contributed by atoms with Gasteiger partial charge in [-0.1, -0.05) is 31.2 Å². The number of carbonyl (C=O) groups is 1. The van der Waals surface area contributed by atoms with Gasteiger partial charge in [0.15, 0.2) is 0 Å². The second kappa shape index (κ2) is 8.44. The van der Waals surface area contributed by atoms with E-state index in [1.807, 2.05) is 18.2 Å². The zero-order chi connectivity index (χ0) is 15.1. The highest BCUT2D eigenvalue weighted by Gasteiger charge is 2.24. The van der Waals surface area contributed by atoms with Crippen LogP contribution in [-0.4, -0.2) is 30.1 Å². The molecule has 2 atom stereocenters. The van der Waals surface area contributed by atoms with Crippen molar-refractivity contribution in [2.24, 2.45) is 0 Å². The maximum atomic E-state index is 11.5. The van der Waals surface area contributed by atoms with Gasteiger partial charge in [0, 0.05) is 17.8 Å². The minimum atomic E-state index is -0.178. The van der Waals surface area contributed by atoms with E-state index in [0.717, 1.165) is 17.4 Å². The van der Waals surface area contributed by atoms with Gasteiger partial charge in [-0.05, 0) is 36.1 Å². The zero-order valence-electron chi connectivity index (χ0n) is 12.9. The number of thioether (sulfide) groups is 1. The summed E-state index contributed by atoms with van der Waals surface area (Å²) in [6, 6.07) is 8.73. The molecule has 1 aromatic carbocycles. The van der Waals surface area contributed by atoms with Crippen LogP contribution in [0.4, 0.5) is 0 Å². The summed E-state index contributed by atoms with van der Waals surface area (Å²) in [4.78, 5) is 11.5. The SMILES string of the molecule is CCSC1CCC(NCc2ccccc2CC(=O)OC)C1. The molecular weight excluding hydrogens is 282 g/mol. The third-order valence-corrected chi connectivity index (χ3v) is 5.28. The molecule has 2 unspecified atom stereocenters. The van der Waals surface area contributed by atoms with Crippen molar-refractivity contribution in [2.45, 2.75) is 50.4 Å². The van der Waals surface area contributed by atoms with Crippen LogP contribution in [0.1, 0.15) is 37.3 Å². The van der Waals surface area contributed by atoms with E-state index >= 15 is 0 Å². The van der Waals surface area contributed by atoms with Crippen molar-refractivity contribution in [2.75, 3.05) is 12.9 Å². The Morgan fingerprint density at radius 2 is 2.10 bits per heavy atom. The molecule has 0 bridgehead atoms. The third-order valence-electron chi connectivity index (χ3n) is 4.05. The maximum Gasteiger partial charge on any atom is 0.309 e. The second-order valence-corrected chi connectivity index (χ2v) is 7.07. The molecule has 0 aromatic heterocycles. The topological polar surface area (TPSA) is 38.3 Å². The molecule has 4 heteroatoms. The highest BCUT2D eigenvalue weighted by molar-refractivity contribution is 7.99. The van der Waals surface area contributed by atoms with Gasteiger partial charge in [-0.2, -0.15) is 11.8 Å². The van der Waals surface area contributed by atoms with Crippen molar-refractivity contribution >= 4 is 17.7 Å². The first-order valence-electron chi connectivity index (χ1n) is 7.71. The van der Waals surface area contributed by atoms with Crippen LogP contribution in [0.3, 0.4) is 0 Å². The Kier molecular flexibility index (Phi) is 6.58. The summed E-state index contributed by atoms with van der Waals surface area (Å²) in [5.74, 6) is 1.03. The van der Waals surface area contributed by atoms with E-state index in [-0.39, 0.29) is 5.97 Å². The molecule has 0 aliphatic heterocycles. The number of hydrogen-bond donors (Lipinski definition) is 1. The van der Waals surface area contributed by atoms with E-state index in [0.29, 0.717) is 12.5 Å². The van der Waals surface area contributed by atoms with Gasteiger partial charge < -0.3 is 10.1 Å². The van der Waals surface area contributed by atoms with Crippen LogP contribution in [0.25, 0.3) is 0 Å². The van der Waals surface area contributed by atoms with E-state index in [9.17, 15) is 4.79 Å². The average Bonchev–Trinajstić information content (AvgIpc) is 2.94. The van der Waals surface area contributed by atoms with Gasteiger partial charge in [-0.15, -0.1) is 0 Å². The molecule has 0 amide bonds. The number of esters is 1. The van der Waals surface area contributed by atoms with Gasteiger partial charge >= 0.3 is 5.97 Å². The largest absolute Gasteiger partial charge is 0.469 e. The number of benzene rings is 1. The van der Waals surface area contributed by atoms with Gasteiger partial charge in [0.2, 0.25) is 0 Å². The lowest BCUT2D eigenvalue weighted by Gasteiger charge is -2.15. The predicted octanol–water partition coefficient (Wildman–Crippen LogP) is 3.17. The van der Waals surface area contributed by atoms with Crippen LogP contribution < -0.4 is 5.32 Å². The van der Waals surface area contributed by atoms with Gasteiger partial charge in [0.25, 0.3) is 0 Å². The molecule has 21 heavy (non-hydrogen) atoms. The summed E-state index contributed by atoms with van der Waals surface area (Å²) in [5, 5.41) is 4.47. The molecule has 0 radical (unpaired) electrons. The minimum absolute atomic E-state index is 0.178. The van der Waals surface area contributed by atoms with Crippen molar-refractivity contribution in [3.8, 4) is 0 Å². The van der Waals surface area contributed by atoms with Crippen molar-refractivity contribution < 1.29 is 9.53 Å². The van der Waals surface area contributed by atoms with Crippen molar-refractivity contribution in [3.05, 3.63) is 35.4 Å². The van der Waals surface area contributed by atoms with Gasteiger partial charge in [-0.25, -0.2) is 0 Å². The van der Waals surface area contributed by atoms with Gasteiger partial charge in [0.05, 0.1) is 13.5 Å². The molecule has 116 valence electrons. The number of ether oxygens (including phenoxy) is 1. The molecule has 0 saturated heterocycles. The molecule has 2 rings (SSSR count). The quantitative estimate of drug-likeness (QED) is 0.785. The predicted molar refractivity (Wildman–Crippen MR) is 88.6 cm³/mol. The Morgan fingerprint density at radius 3 is 2.81 bits per heavy atom. The molecule has 0 spiro atoms. The zero-order valence-corrected chi connectivity index (χ0v) is 13.7. The monoisotopic (exact) mass is 307 g/mol. The van der Waals surface area contributed by atoms with E-state index in [4.69, 9.17) is 4.74 Å². The molecule has 3 nitrogen and oxygen atoms in total. The van der Waals surface area contributed by atoms with E-state index in [1.54, 1.807) is 0 Å². The Balaban J connectivity index is 1.87. The number of rotatable bonds is 7. The van der Waals surface area contributed by atoms with Crippen molar-refractivity contribution in [1.29, 1.82) is 0 Å². The highest BCUT2D eigenvalue weighted by Crippen LogP contribution is 2.29. The van der Waals surface area contributed by atoms with Crippen molar-refractivity contribution in [3.63, 3.8) is 0 Å². The molecule has 1 aliphatic rings. The fourth-order valence-corrected chi connectivity index (χ4v) is 4.04. The first kappa shape index (κ1) is 16.4. The van der Waals surface area contributed by atoms with Gasteiger partial charge in [-0.3, -0.25) is 4.79 Å². The Morgan fingerprint density at radius 1 is 1.33 bits per heavy atom. The summed E-state index contributed by atoms with van der Waals surface area (Å²) in [7, 11) is 1.44. The molecule has 0 heterocycles. The molecule has 1 aliphatic carbocycles. The number of methoxy groups -OCH3 is 1. The molecule has 1 aromatic rings. The fourth-order valence-electron chi connectivity index (χ4n) is 2.90. The lowest BCUT2D eigenvalue weighted by atomic mass is 10.0. The first-order valence-corrected chi connectivity index (χ1v) is 8.76. The highest BCUT2D eigenvalue weighted by atomic mass is 32.2. The number of hydrogen-bond acceptors (Lipinski definition) is 4. The Labute approximate surface area is 131 Å². The number of carbonyl (C=O) groups excluding carboxylic acids is 1. The Bertz CT molecular complexity index is 464. The Hall–Kier alpha value is -1.00. The average molecular weight is 307 g/mol. The lowest BCUT2D eigenvalue weighted by molar-refractivity contribution is -0.139. The van der Waals surface area contributed by atoms with Crippen LogP contribution in [0, 0.1) is 0 Å². The van der Waals surface area contributed by atoms with Crippen LogP contribution in [0.15, 0.2) is 24.3 Å². The smallest absolute Gasteiger partial charge is 0.309 e. The summed E-state index contributed by atoms with van der Waals surface area (Å²) >= 11 is 2.08. The standard InChI is InChI=1S/C17H25NO2S/c1-3-21-16-9-8-15(11-16)18-12-14-7-5-4-6-13(14)10-17(19)20-2/h4-7,15-16,18H,3,8-12H2,1-2H3. The third kappa shape index (κ3) is 5.04. The van der Waals surface area contributed by atoms with E-state index < -0.39 is 0 Å². The van der Waals surface area contributed by atoms with E-state index in [1.165, 1.54) is 37.7 Å². The first-order chi connectivity index (χ1) is 10.2. The van der Waals surface area contributed by atoms with Gasteiger partial charge in [0.1, 0.15) is 0 Å². The van der Waals surface area contributed by atoms with Crippen LogP contribution >= 0.6 is 11.8 Å².